The van der Waals surface area contributed by atoms with E-state index in [0.717, 1.165) is 31.7 Å². The van der Waals surface area contributed by atoms with Crippen LogP contribution in [0.1, 0.15) is 38.2 Å². The van der Waals surface area contributed by atoms with Gasteiger partial charge in [-0.15, -0.1) is 24.0 Å². The number of guanidine groups is 1. The average molecular weight is 499 g/mol. The summed E-state index contributed by atoms with van der Waals surface area (Å²) in [7, 11) is 0.939. The number of rotatable bonds is 6. The molecule has 2 N–H and O–H groups in total. The summed E-state index contributed by atoms with van der Waals surface area (Å²) in [6, 6.07) is 3.81. The van der Waals surface area contributed by atoms with Gasteiger partial charge in [-0.3, -0.25) is 9.20 Å². The van der Waals surface area contributed by atoms with Gasteiger partial charge in [0, 0.05) is 47.5 Å². The molecule has 0 heterocycles. The number of aliphatic imine (C=N–C) groups is 1. The number of nitrogens with zero attached hydrogens (tertiary/aromatic N) is 1. The molecule has 26 heavy (non-hydrogen) atoms. The first kappa shape index (κ1) is 23.3. The molecular formula is C18H28F2IN3OS. The van der Waals surface area contributed by atoms with Crippen LogP contribution in [0.3, 0.4) is 0 Å². The summed E-state index contributed by atoms with van der Waals surface area (Å²) in [6.07, 6.45) is 4.51. The van der Waals surface area contributed by atoms with Gasteiger partial charge >= 0.3 is 0 Å². The molecule has 1 saturated carbocycles. The molecule has 148 valence electrons. The van der Waals surface area contributed by atoms with Crippen molar-refractivity contribution >= 4 is 40.7 Å². The zero-order valence-electron chi connectivity index (χ0n) is 15.3. The minimum absolute atomic E-state index is 0. The maximum Gasteiger partial charge on any atom is 0.191 e. The summed E-state index contributed by atoms with van der Waals surface area (Å²) in [6.45, 7) is 2.49. The molecule has 4 nitrogen and oxygen atoms in total. The number of halogens is 3. The lowest BCUT2D eigenvalue weighted by Gasteiger charge is -2.30. The van der Waals surface area contributed by atoms with Crippen molar-refractivity contribution in [1.29, 1.82) is 0 Å². The molecule has 1 aromatic rings. The van der Waals surface area contributed by atoms with Gasteiger partial charge in [-0.1, -0.05) is 13.3 Å². The molecular weight excluding hydrogens is 471 g/mol. The third kappa shape index (κ3) is 7.46. The minimum atomic E-state index is -0.757. The maximum atomic E-state index is 13.2. The van der Waals surface area contributed by atoms with Crippen molar-refractivity contribution in [2.45, 2.75) is 50.3 Å². The Balaban J connectivity index is 0.00000338. The molecule has 3 atom stereocenters. The summed E-state index contributed by atoms with van der Waals surface area (Å²) >= 11 is 0. The first-order valence-corrected chi connectivity index (χ1v) is 10.2. The third-order valence-electron chi connectivity index (χ3n) is 4.48. The second-order valence-corrected chi connectivity index (χ2v) is 8.33. The molecule has 0 aromatic heterocycles. The van der Waals surface area contributed by atoms with Gasteiger partial charge in [0.05, 0.1) is 0 Å². The lowest BCUT2D eigenvalue weighted by molar-refractivity contribution is 0.413. The Morgan fingerprint density at radius 1 is 1.27 bits per heavy atom. The predicted octanol–water partition coefficient (Wildman–Crippen LogP) is 3.37. The Morgan fingerprint density at radius 2 is 1.96 bits per heavy atom. The van der Waals surface area contributed by atoms with Crippen molar-refractivity contribution in [3.05, 3.63) is 35.4 Å². The Kier molecular flexibility index (Phi) is 10.6. The van der Waals surface area contributed by atoms with Gasteiger partial charge < -0.3 is 10.6 Å². The van der Waals surface area contributed by atoms with Crippen LogP contribution in [0.5, 0.6) is 0 Å². The van der Waals surface area contributed by atoms with Gasteiger partial charge in [0.25, 0.3) is 0 Å². The molecule has 0 bridgehead atoms. The fourth-order valence-corrected chi connectivity index (χ4v) is 4.57. The summed E-state index contributed by atoms with van der Waals surface area (Å²) in [4.78, 5) is 4.21. The van der Waals surface area contributed by atoms with Crippen LogP contribution in [0.4, 0.5) is 8.78 Å². The van der Waals surface area contributed by atoms with Crippen LogP contribution in [-0.2, 0) is 17.2 Å². The fraction of sp³-hybridized carbons (Fsp3) is 0.611. The van der Waals surface area contributed by atoms with Gasteiger partial charge in [-0.25, -0.2) is 8.78 Å². The first-order valence-electron chi connectivity index (χ1n) is 8.81. The second kappa shape index (κ2) is 11.8. The smallest absolute Gasteiger partial charge is 0.191 e. The van der Waals surface area contributed by atoms with E-state index in [9.17, 15) is 13.0 Å². The third-order valence-corrected chi connectivity index (χ3v) is 6.22. The lowest BCUT2D eigenvalue weighted by Crippen LogP contribution is -2.47. The van der Waals surface area contributed by atoms with Crippen LogP contribution in [0.2, 0.25) is 0 Å². The van der Waals surface area contributed by atoms with Crippen molar-refractivity contribution in [2.75, 3.05) is 19.3 Å². The molecule has 1 aliphatic carbocycles. The van der Waals surface area contributed by atoms with E-state index in [1.807, 2.05) is 6.92 Å². The molecule has 0 amide bonds. The molecule has 1 fully saturated rings. The van der Waals surface area contributed by atoms with Gasteiger partial charge in [0.1, 0.15) is 11.6 Å². The number of hydrogen-bond donors (Lipinski definition) is 2. The molecule has 1 aliphatic rings. The molecule has 0 saturated heterocycles. The number of benzene rings is 1. The molecule has 3 unspecified atom stereocenters. The Hall–Kier alpha value is -0.770. The zero-order valence-corrected chi connectivity index (χ0v) is 18.4. The zero-order chi connectivity index (χ0) is 18.2. The Morgan fingerprint density at radius 3 is 2.58 bits per heavy atom. The molecule has 1 aromatic carbocycles. The van der Waals surface area contributed by atoms with Crippen LogP contribution >= 0.6 is 24.0 Å². The number of nitrogens with one attached hydrogen (secondary N) is 2. The van der Waals surface area contributed by atoms with E-state index in [2.05, 4.69) is 15.6 Å². The summed E-state index contributed by atoms with van der Waals surface area (Å²) < 4.78 is 38.4. The molecule has 0 radical (unpaired) electrons. The molecule has 0 spiro atoms. The van der Waals surface area contributed by atoms with Gasteiger partial charge in [-0.2, -0.15) is 0 Å². The standard InChI is InChI=1S/C18H27F2N3OS.HI/c1-3-25(24)17-6-4-5-16(12-17)23-18(21-2)22-8-7-13-9-14(19)11-15(20)10-13;/h9-11,16-17H,3-8,12H2,1-2H3,(H2,21,22,23);1H. The van der Waals surface area contributed by atoms with E-state index in [1.54, 1.807) is 7.05 Å². The minimum Gasteiger partial charge on any atom is -0.356 e. The Bertz CT molecular complexity index is 610. The number of hydrogen-bond acceptors (Lipinski definition) is 2. The van der Waals surface area contributed by atoms with Crippen molar-refractivity contribution < 1.29 is 13.0 Å². The van der Waals surface area contributed by atoms with E-state index in [1.165, 1.54) is 12.1 Å². The molecule has 2 rings (SSSR count). The van der Waals surface area contributed by atoms with E-state index >= 15 is 0 Å². The monoisotopic (exact) mass is 499 g/mol. The average Bonchev–Trinajstić information content (AvgIpc) is 2.59. The van der Waals surface area contributed by atoms with Gasteiger partial charge in [0.15, 0.2) is 5.96 Å². The van der Waals surface area contributed by atoms with Crippen LogP contribution in [0.25, 0.3) is 0 Å². The van der Waals surface area contributed by atoms with Crippen molar-refractivity contribution in [3.63, 3.8) is 0 Å². The van der Waals surface area contributed by atoms with Gasteiger partial charge in [-0.05, 0) is 43.4 Å². The predicted molar refractivity (Wildman–Crippen MR) is 115 cm³/mol. The van der Waals surface area contributed by atoms with E-state index < -0.39 is 22.4 Å². The van der Waals surface area contributed by atoms with Crippen LogP contribution in [0.15, 0.2) is 23.2 Å². The molecule has 0 aliphatic heterocycles. The van der Waals surface area contributed by atoms with Crippen molar-refractivity contribution in [1.82, 2.24) is 10.6 Å². The molecule has 8 heteroatoms. The SMILES string of the molecule is CCS(=O)C1CCCC(NC(=NC)NCCc2cc(F)cc(F)c2)C1.I. The normalized spacial score (nSPS) is 21.6. The lowest BCUT2D eigenvalue weighted by atomic mass is 9.95. The Labute approximate surface area is 174 Å². The largest absolute Gasteiger partial charge is 0.356 e. The van der Waals surface area contributed by atoms with E-state index in [0.29, 0.717) is 30.2 Å². The highest BCUT2D eigenvalue weighted by molar-refractivity contribution is 14.0. The van der Waals surface area contributed by atoms with E-state index in [4.69, 9.17) is 0 Å². The summed E-state index contributed by atoms with van der Waals surface area (Å²) in [5, 5.41) is 6.81. The van der Waals surface area contributed by atoms with Gasteiger partial charge in [0.2, 0.25) is 0 Å². The summed E-state index contributed by atoms with van der Waals surface area (Å²) in [5.41, 5.74) is 0.608. The first-order chi connectivity index (χ1) is 12.0. The highest BCUT2D eigenvalue weighted by atomic mass is 127. The quantitative estimate of drug-likeness (QED) is 0.359. The van der Waals surface area contributed by atoms with E-state index in [-0.39, 0.29) is 35.3 Å². The maximum absolute atomic E-state index is 13.2. The topological polar surface area (TPSA) is 53.5 Å². The summed E-state index contributed by atoms with van der Waals surface area (Å²) in [5.74, 6) is 0.253. The van der Waals surface area contributed by atoms with Crippen LogP contribution in [0, 0.1) is 11.6 Å². The van der Waals surface area contributed by atoms with Crippen molar-refractivity contribution in [3.8, 4) is 0 Å². The highest BCUT2D eigenvalue weighted by Gasteiger charge is 2.25. The van der Waals surface area contributed by atoms with Crippen LogP contribution < -0.4 is 10.6 Å². The van der Waals surface area contributed by atoms with Crippen LogP contribution in [-0.4, -0.2) is 40.8 Å². The highest BCUT2D eigenvalue weighted by Crippen LogP contribution is 2.22. The van der Waals surface area contributed by atoms with Crippen molar-refractivity contribution in [2.24, 2.45) is 4.99 Å². The second-order valence-electron chi connectivity index (χ2n) is 6.33. The fourth-order valence-electron chi connectivity index (χ4n) is 3.22.